The van der Waals surface area contributed by atoms with Crippen LogP contribution in [0.15, 0.2) is 53.0 Å². The van der Waals surface area contributed by atoms with Crippen molar-refractivity contribution in [1.82, 2.24) is 10.9 Å². The molecule has 0 radical (unpaired) electrons. The number of carbonyl (C=O) groups is 2. The highest BCUT2D eigenvalue weighted by Gasteiger charge is 2.06. The lowest BCUT2D eigenvalue weighted by Crippen LogP contribution is -2.40. The lowest BCUT2D eigenvalue weighted by molar-refractivity contribution is -0.117. The highest BCUT2D eigenvalue weighted by Crippen LogP contribution is 2.24. The van der Waals surface area contributed by atoms with E-state index in [9.17, 15) is 9.59 Å². The average Bonchev–Trinajstić information content (AvgIpc) is 2.64. The molecule has 0 fully saturated rings. The quantitative estimate of drug-likeness (QED) is 0.593. The molecule has 0 unspecified atom stereocenters. The summed E-state index contributed by atoms with van der Waals surface area (Å²) in [4.78, 5) is 23.8. The summed E-state index contributed by atoms with van der Waals surface area (Å²) in [6.07, 6.45) is 2.86. The first-order valence-electron chi connectivity index (χ1n) is 7.29. The van der Waals surface area contributed by atoms with Gasteiger partial charge in [0.05, 0.1) is 14.2 Å². The molecule has 130 valence electrons. The third-order valence-electron chi connectivity index (χ3n) is 3.26. The van der Waals surface area contributed by atoms with Crippen LogP contribution in [0, 0.1) is 0 Å². The smallest absolute Gasteiger partial charge is 0.269 e. The van der Waals surface area contributed by atoms with E-state index in [-0.39, 0.29) is 0 Å². The topological polar surface area (TPSA) is 76.7 Å². The van der Waals surface area contributed by atoms with Crippen molar-refractivity contribution >= 4 is 33.8 Å². The number of benzene rings is 2. The number of rotatable bonds is 5. The second-order valence-corrected chi connectivity index (χ2v) is 5.81. The number of hydrogen-bond acceptors (Lipinski definition) is 4. The molecular formula is C18H17BrN2O4. The van der Waals surface area contributed by atoms with Crippen LogP contribution in [0.1, 0.15) is 15.9 Å². The molecule has 0 heterocycles. The molecule has 0 saturated heterocycles. The van der Waals surface area contributed by atoms with Crippen LogP contribution in [0.5, 0.6) is 11.5 Å². The Morgan fingerprint density at radius 1 is 1.00 bits per heavy atom. The van der Waals surface area contributed by atoms with Gasteiger partial charge in [0.15, 0.2) is 0 Å². The van der Waals surface area contributed by atoms with Crippen LogP contribution >= 0.6 is 15.9 Å². The molecule has 25 heavy (non-hydrogen) atoms. The maximum absolute atomic E-state index is 11.9. The molecule has 0 spiro atoms. The van der Waals surface area contributed by atoms with Gasteiger partial charge in [-0.3, -0.25) is 20.4 Å². The van der Waals surface area contributed by atoms with Gasteiger partial charge in [-0.15, -0.1) is 0 Å². The van der Waals surface area contributed by atoms with Crippen LogP contribution < -0.4 is 20.3 Å². The summed E-state index contributed by atoms with van der Waals surface area (Å²) >= 11 is 3.29. The fraction of sp³-hybridized carbons (Fsp3) is 0.111. The van der Waals surface area contributed by atoms with Gasteiger partial charge in [-0.25, -0.2) is 0 Å². The molecule has 0 bridgehead atoms. The Kier molecular flexibility index (Phi) is 6.59. The van der Waals surface area contributed by atoms with Crippen LogP contribution in [-0.2, 0) is 4.79 Å². The van der Waals surface area contributed by atoms with Crippen molar-refractivity contribution < 1.29 is 19.1 Å². The molecule has 2 N–H and O–H groups in total. The SMILES string of the molecule is COc1ccc(OC)c(/C=C/C(=O)NNC(=O)c2ccc(Br)cc2)c1. The number of carbonyl (C=O) groups excluding carboxylic acids is 2. The van der Waals surface area contributed by atoms with E-state index >= 15 is 0 Å². The van der Waals surface area contributed by atoms with Crippen molar-refractivity contribution in [2.75, 3.05) is 14.2 Å². The van der Waals surface area contributed by atoms with Gasteiger partial charge < -0.3 is 9.47 Å². The summed E-state index contributed by atoms with van der Waals surface area (Å²) in [5, 5.41) is 0. The van der Waals surface area contributed by atoms with Crippen molar-refractivity contribution in [1.29, 1.82) is 0 Å². The predicted octanol–water partition coefficient (Wildman–Crippen LogP) is 2.94. The van der Waals surface area contributed by atoms with Gasteiger partial charge >= 0.3 is 0 Å². The zero-order valence-corrected chi connectivity index (χ0v) is 15.3. The Morgan fingerprint density at radius 2 is 1.72 bits per heavy atom. The first kappa shape index (κ1) is 18.5. The molecule has 0 aromatic heterocycles. The number of hydrazine groups is 1. The van der Waals surface area contributed by atoms with Gasteiger partial charge in [0, 0.05) is 21.7 Å². The van der Waals surface area contributed by atoms with Crippen molar-refractivity contribution in [3.8, 4) is 11.5 Å². The van der Waals surface area contributed by atoms with E-state index in [1.807, 2.05) is 0 Å². The number of amides is 2. The van der Waals surface area contributed by atoms with Crippen LogP contribution in [0.2, 0.25) is 0 Å². The summed E-state index contributed by atoms with van der Waals surface area (Å²) in [6, 6.07) is 12.0. The largest absolute Gasteiger partial charge is 0.497 e. The molecule has 0 aliphatic carbocycles. The summed E-state index contributed by atoms with van der Waals surface area (Å²) in [6.45, 7) is 0. The Balaban J connectivity index is 1.97. The molecule has 0 aliphatic rings. The molecule has 2 aromatic rings. The fourth-order valence-corrected chi connectivity index (χ4v) is 2.23. The van der Waals surface area contributed by atoms with Crippen LogP contribution in [-0.4, -0.2) is 26.0 Å². The van der Waals surface area contributed by atoms with Crippen molar-refractivity contribution in [3.63, 3.8) is 0 Å². The van der Waals surface area contributed by atoms with Gasteiger partial charge in [0.2, 0.25) is 0 Å². The number of methoxy groups -OCH3 is 2. The van der Waals surface area contributed by atoms with Gasteiger partial charge in [-0.05, 0) is 48.5 Å². The maximum atomic E-state index is 11.9. The van der Waals surface area contributed by atoms with E-state index in [0.717, 1.165) is 4.47 Å². The Morgan fingerprint density at radius 3 is 2.36 bits per heavy atom. The monoisotopic (exact) mass is 404 g/mol. The average molecular weight is 405 g/mol. The van der Waals surface area contributed by atoms with Crippen molar-refractivity contribution in [3.05, 3.63) is 64.1 Å². The van der Waals surface area contributed by atoms with E-state index in [0.29, 0.717) is 22.6 Å². The second kappa shape index (κ2) is 8.89. The van der Waals surface area contributed by atoms with Gasteiger partial charge in [0.25, 0.3) is 11.8 Å². The molecule has 6 nitrogen and oxygen atoms in total. The molecule has 2 amide bonds. The molecule has 0 aliphatic heterocycles. The zero-order valence-electron chi connectivity index (χ0n) is 13.7. The minimum absolute atomic E-state index is 0.409. The minimum Gasteiger partial charge on any atom is -0.497 e. The van der Waals surface area contributed by atoms with Gasteiger partial charge in [-0.1, -0.05) is 15.9 Å². The summed E-state index contributed by atoms with van der Waals surface area (Å²) < 4.78 is 11.2. The third kappa shape index (κ3) is 5.36. The number of ether oxygens (including phenoxy) is 2. The predicted molar refractivity (Wildman–Crippen MR) is 98.3 cm³/mol. The van der Waals surface area contributed by atoms with Crippen LogP contribution in [0.25, 0.3) is 6.08 Å². The maximum Gasteiger partial charge on any atom is 0.269 e. The molecule has 2 aromatic carbocycles. The van der Waals surface area contributed by atoms with Gasteiger partial charge in [0.1, 0.15) is 11.5 Å². The number of hydrogen-bond donors (Lipinski definition) is 2. The summed E-state index contributed by atoms with van der Waals surface area (Å²) in [5.74, 6) is 0.358. The molecule has 2 rings (SSSR count). The zero-order chi connectivity index (χ0) is 18.2. The van der Waals surface area contributed by atoms with E-state index in [1.165, 1.54) is 13.2 Å². The van der Waals surface area contributed by atoms with Crippen LogP contribution in [0.4, 0.5) is 0 Å². The minimum atomic E-state index is -0.477. The first-order valence-corrected chi connectivity index (χ1v) is 8.09. The van der Waals surface area contributed by atoms with E-state index in [1.54, 1.807) is 55.7 Å². The van der Waals surface area contributed by atoms with Crippen molar-refractivity contribution in [2.24, 2.45) is 0 Å². The van der Waals surface area contributed by atoms with E-state index < -0.39 is 11.8 Å². The lowest BCUT2D eigenvalue weighted by atomic mass is 10.1. The normalized spacial score (nSPS) is 10.4. The van der Waals surface area contributed by atoms with E-state index in [2.05, 4.69) is 26.8 Å². The Hall–Kier alpha value is -2.80. The third-order valence-corrected chi connectivity index (χ3v) is 3.79. The van der Waals surface area contributed by atoms with Crippen LogP contribution in [0.3, 0.4) is 0 Å². The van der Waals surface area contributed by atoms with Crippen molar-refractivity contribution in [2.45, 2.75) is 0 Å². The lowest BCUT2D eigenvalue weighted by Gasteiger charge is -2.07. The second-order valence-electron chi connectivity index (χ2n) is 4.89. The Bertz CT molecular complexity index is 788. The number of nitrogens with one attached hydrogen (secondary N) is 2. The first-order chi connectivity index (χ1) is 12.0. The molecular weight excluding hydrogens is 388 g/mol. The van der Waals surface area contributed by atoms with E-state index in [4.69, 9.17) is 9.47 Å². The Labute approximate surface area is 153 Å². The fourth-order valence-electron chi connectivity index (χ4n) is 1.97. The summed E-state index contributed by atoms with van der Waals surface area (Å²) in [7, 11) is 3.09. The van der Waals surface area contributed by atoms with Gasteiger partial charge in [-0.2, -0.15) is 0 Å². The summed E-state index contributed by atoms with van der Waals surface area (Å²) in [5.41, 5.74) is 5.78. The molecule has 7 heteroatoms. The highest BCUT2D eigenvalue weighted by atomic mass is 79.9. The highest BCUT2D eigenvalue weighted by molar-refractivity contribution is 9.10. The number of halogens is 1. The molecule has 0 saturated carbocycles. The molecule has 0 atom stereocenters. The standard InChI is InChI=1S/C18H17BrN2O4/c1-24-15-8-9-16(25-2)13(11-15)5-10-17(22)20-21-18(23)12-3-6-14(19)7-4-12/h3-11H,1-2H3,(H,20,22)(H,21,23)/b10-5+.